The van der Waals surface area contributed by atoms with E-state index in [-0.39, 0.29) is 11.5 Å². The molecule has 0 aliphatic carbocycles. The predicted octanol–water partition coefficient (Wildman–Crippen LogP) is 6.41. The van der Waals surface area contributed by atoms with Crippen LogP contribution >= 0.6 is 0 Å². The molecule has 0 saturated heterocycles. The second-order valence-electron chi connectivity index (χ2n) is 7.91. The third-order valence-corrected chi connectivity index (χ3v) is 6.16. The second kappa shape index (κ2) is 6.42. The lowest BCUT2D eigenvalue weighted by atomic mass is 9.68. The molecule has 1 heterocycles. The summed E-state index contributed by atoms with van der Waals surface area (Å²) in [5.74, 6) is 0.310. The van der Waals surface area contributed by atoms with Crippen LogP contribution in [0.1, 0.15) is 36.1 Å². The van der Waals surface area contributed by atoms with Crippen molar-refractivity contribution in [1.82, 2.24) is 0 Å². The lowest BCUT2D eigenvalue weighted by Crippen LogP contribution is -2.34. The fourth-order valence-corrected chi connectivity index (χ4v) is 4.59. The normalized spacial score (nSPS) is 21.1. The van der Waals surface area contributed by atoms with Gasteiger partial charge in [0.25, 0.3) is 0 Å². The van der Waals surface area contributed by atoms with E-state index in [1.165, 1.54) is 21.9 Å². The van der Waals surface area contributed by atoms with Gasteiger partial charge in [0.2, 0.25) is 0 Å². The zero-order valence-corrected chi connectivity index (χ0v) is 15.9. The second-order valence-corrected chi connectivity index (χ2v) is 7.91. The van der Waals surface area contributed by atoms with Gasteiger partial charge >= 0.3 is 0 Å². The highest BCUT2D eigenvalue weighted by atomic mass is 16.3. The van der Waals surface area contributed by atoms with Crippen LogP contribution in [0.4, 0.5) is 5.69 Å². The summed E-state index contributed by atoms with van der Waals surface area (Å²) in [5, 5.41) is 16.7. The summed E-state index contributed by atoms with van der Waals surface area (Å²) in [6.07, 6.45) is 0.922. The Balaban J connectivity index is 1.70. The van der Waals surface area contributed by atoms with Crippen molar-refractivity contribution < 1.29 is 5.11 Å². The Kier molecular flexibility index (Phi) is 3.87. The smallest absolute Gasteiger partial charge is 0.139 e. The monoisotopic (exact) mass is 365 g/mol. The zero-order valence-electron chi connectivity index (χ0n) is 15.9. The summed E-state index contributed by atoms with van der Waals surface area (Å²) in [5.41, 5.74) is 4.31. The molecule has 4 aromatic rings. The van der Waals surface area contributed by atoms with Gasteiger partial charge in [0.05, 0.1) is 11.7 Å². The first kappa shape index (κ1) is 16.9. The van der Waals surface area contributed by atoms with Crippen molar-refractivity contribution in [3.63, 3.8) is 0 Å². The number of hydrogen-bond donors (Lipinski definition) is 2. The lowest BCUT2D eigenvalue weighted by molar-refractivity contribution is 0.439. The van der Waals surface area contributed by atoms with E-state index in [9.17, 15) is 5.11 Å². The van der Waals surface area contributed by atoms with Gasteiger partial charge in [-0.2, -0.15) is 0 Å². The molecule has 0 radical (unpaired) electrons. The van der Waals surface area contributed by atoms with E-state index in [0.717, 1.165) is 17.7 Å². The number of hydrogen-bond acceptors (Lipinski definition) is 2. The highest BCUT2D eigenvalue weighted by Gasteiger charge is 2.39. The molecule has 28 heavy (non-hydrogen) atoms. The Labute approximate surface area is 165 Å². The van der Waals surface area contributed by atoms with E-state index < -0.39 is 0 Å². The van der Waals surface area contributed by atoms with Crippen LogP contribution in [0.25, 0.3) is 10.8 Å². The van der Waals surface area contributed by atoms with Crippen molar-refractivity contribution in [2.75, 3.05) is 5.32 Å². The molecule has 2 nitrogen and oxygen atoms in total. The van der Waals surface area contributed by atoms with Crippen LogP contribution in [0, 0.1) is 0 Å². The van der Waals surface area contributed by atoms with Crippen molar-refractivity contribution in [3.8, 4) is 5.75 Å². The van der Waals surface area contributed by atoms with E-state index in [1.54, 1.807) is 6.07 Å². The van der Waals surface area contributed by atoms with Gasteiger partial charge in [-0.15, -0.1) is 0 Å². The topological polar surface area (TPSA) is 32.3 Å². The number of phenolic OH excluding ortho intramolecular Hbond substituents is 1. The molecule has 0 saturated carbocycles. The molecule has 2 atom stereocenters. The average molecular weight is 365 g/mol. The molecule has 2 N–H and O–H groups in total. The van der Waals surface area contributed by atoms with E-state index in [0.29, 0.717) is 5.75 Å². The summed E-state index contributed by atoms with van der Waals surface area (Å²) in [7, 11) is 0. The summed E-state index contributed by atoms with van der Waals surface area (Å²) < 4.78 is 0. The largest absolute Gasteiger partial charge is 0.506 e. The molecule has 0 spiro atoms. The van der Waals surface area contributed by atoms with Gasteiger partial charge in [0.15, 0.2) is 0 Å². The molecular formula is C26H23NO. The van der Waals surface area contributed by atoms with E-state index in [1.807, 2.05) is 12.1 Å². The molecule has 0 aromatic heterocycles. The van der Waals surface area contributed by atoms with Crippen molar-refractivity contribution >= 4 is 16.5 Å². The Hall–Kier alpha value is -3.26. The van der Waals surface area contributed by atoms with E-state index in [2.05, 4.69) is 85.0 Å². The Morgan fingerprint density at radius 1 is 0.821 bits per heavy atom. The molecular weight excluding hydrogens is 342 g/mol. The number of fused-ring (bicyclic) bond motifs is 2. The van der Waals surface area contributed by atoms with Crippen LogP contribution in [0.2, 0.25) is 0 Å². The molecule has 4 aromatic carbocycles. The van der Waals surface area contributed by atoms with Gasteiger partial charge in [-0.25, -0.2) is 0 Å². The van der Waals surface area contributed by atoms with Crippen LogP contribution in [-0.2, 0) is 5.41 Å². The minimum absolute atomic E-state index is 0.137. The summed E-state index contributed by atoms with van der Waals surface area (Å²) in [4.78, 5) is 0. The maximum atomic E-state index is 10.6. The third kappa shape index (κ3) is 2.65. The predicted molar refractivity (Wildman–Crippen MR) is 116 cm³/mol. The highest BCUT2D eigenvalue weighted by Crippen LogP contribution is 2.50. The molecule has 0 unspecified atom stereocenters. The fourth-order valence-electron chi connectivity index (χ4n) is 4.59. The van der Waals surface area contributed by atoms with Gasteiger partial charge in [0, 0.05) is 5.41 Å². The third-order valence-electron chi connectivity index (χ3n) is 6.16. The molecule has 0 amide bonds. The zero-order chi connectivity index (χ0) is 19.1. The molecule has 138 valence electrons. The first-order chi connectivity index (χ1) is 13.6. The van der Waals surface area contributed by atoms with Crippen molar-refractivity contribution in [3.05, 3.63) is 108 Å². The van der Waals surface area contributed by atoms with Crippen LogP contribution in [0.15, 0.2) is 91.0 Å². The minimum Gasteiger partial charge on any atom is -0.506 e. The highest BCUT2D eigenvalue weighted by molar-refractivity contribution is 5.84. The molecule has 1 aliphatic rings. The maximum absolute atomic E-state index is 10.6. The van der Waals surface area contributed by atoms with Crippen LogP contribution in [-0.4, -0.2) is 5.11 Å². The fraction of sp³-hybridized carbons (Fsp3) is 0.154. The van der Waals surface area contributed by atoms with Crippen LogP contribution in [0.5, 0.6) is 5.75 Å². The van der Waals surface area contributed by atoms with Gasteiger partial charge in [-0.3, -0.25) is 0 Å². The van der Waals surface area contributed by atoms with E-state index >= 15 is 0 Å². The number of aromatic hydroxyl groups is 1. The molecule has 2 heteroatoms. The number of rotatable bonds is 2. The number of anilines is 1. The molecule has 5 rings (SSSR count). The van der Waals surface area contributed by atoms with Gasteiger partial charge in [-0.1, -0.05) is 91.9 Å². The SMILES string of the molecule is C[C@@]1(c2ccc3ccccc3c2)C[C@@H](c2ccccc2)Nc2c(O)cccc21. The first-order valence-electron chi connectivity index (χ1n) is 9.78. The quantitative estimate of drug-likeness (QED) is 0.402. The summed E-state index contributed by atoms with van der Waals surface area (Å²) in [6.45, 7) is 2.30. The first-order valence-corrected chi connectivity index (χ1v) is 9.78. The Morgan fingerprint density at radius 2 is 1.57 bits per heavy atom. The number of nitrogens with one attached hydrogen (secondary N) is 1. The lowest BCUT2D eigenvalue weighted by Gasteiger charge is -2.42. The number of benzene rings is 4. The van der Waals surface area contributed by atoms with Crippen LogP contribution < -0.4 is 5.32 Å². The Morgan fingerprint density at radius 3 is 2.39 bits per heavy atom. The van der Waals surface area contributed by atoms with Crippen molar-refractivity contribution in [2.24, 2.45) is 0 Å². The average Bonchev–Trinajstić information content (AvgIpc) is 2.74. The molecule has 1 aliphatic heterocycles. The number of para-hydroxylation sites is 1. The number of phenols is 1. The van der Waals surface area contributed by atoms with Gasteiger partial charge < -0.3 is 10.4 Å². The molecule has 0 fully saturated rings. The van der Waals surface area contributed by atoms with E-state index in [4.69, 9.17) is 0 Å². The minimum atomic E-state index is -0.205. The maximum Gasteiger partial charge on any atom is 0.139 e. The van der Waals surface area contributed by atoms with Crippen molar-refractivity contribution in [1.29, 1.82) is 0 Å². The molecule has 0 bridgehead atoms. The standard InChI is InChI=1S/C26H23NO/c1-26(21-15-14-18-8-5-6-11-20(18)16-21)17-23(19-9-3-2-4-10-19)27-25-22(26)12-7-13-24(25)28/h2-16,23,27-28H,17H2,1H3/t23-,26-/m0/s1. The summed E-state index contributed by atoms with van der Waals surface area (Å²) in [6, 6.07) is 31.7. The summed E-state index contributed by atoms with van der Waals surface area (Å²) >= 11 is 0. The Bertz CT molecular complexity index is 1150. The van der Waals surface area contributed by atoms with Gasteiger partial charge in [-0.05, 0) is 39.9 Å². The van der Waals surface area contributed by atoms with Gasteiger partial charge in [0.1, 0.15) is 5.75 Å². The van der Waals surface area contributed by atoms with Crippen molar-refractivity contribution in [2.45, 2.75) is 24.8 Å². The van der Waals surface area contributed by atoms with Crippen LogP contribution in [0.3, 0.4) is 0 Å².